The molecule has 10 heteroatoms. The van der Waals surface area contributed by atoms with Crippen molar-refractivity contribution in [3.05, 3.63) is 339 Å². The molecule has 0 aliphatic rings. The number of hydrogen-bond donors (Lipinski definition) is 0. The van der Waals surface area contributed by atoms with Crippen LogP contribution in [0.25, 0.3) is 210 Å². The fourth-order valence-corrected chi connectivity index (χ4v) is 13.6. The molecule has 0 radical (unpaired) electrons. The molecule has 0 N–H and O–H groups in total. The van der Waals surface area contributed by atoms with Gasteiger partial charge in [0.1, 0.15) is 22.3 Å². The molecule has 6 aromatic heterocycles. The lowest BCUT2D eigenvalue weighted by molar-refractivity contribution is 0.668. The minimum absolute atomic E-state index is 0.0116. The molecule has 22 aromatic rings. The van der Waals surface area contributed by atoms with Gasteiger partial charge in [0.25, 0.3) is 0 Å². The number of rotatable bonds is 8. The monoisotopic (exact) mass is 1360 g/mol. The first-order chi connectivity index (χ1) is 65.7. The predicted octanol–water partition coefficient (Wildman–Crippen LogP) is 24.4. The van der Waals surface area contributed by atoms with Crippen LogP contribution in [0.2, 0.25) is 0 Å². The van der Waals surface area contributed by atoms with Crippen LogP contribution in [0.15, 0.2) is 348 Å². The van der Waals surface area contributed by atoms with Gasteiger partial charge in [-0.05, 0) is 91.5 Å². The smallest absolute Gasteiger partial charge is 0.164 e. The summed E-state index contributed by atoms with van der Waals surface area (Å²) in [4.78, 5) is 28.1. The lowest BCUT2D eigenvalue weighted by Crippen LogP contribution is -2.01. The SMILES string of the molecule is [2H]c1c([2H])c([2H])c(-c2nc(-c3c([2H])c([2H])c([2H])c([2H])c3[2H])nc(-c3c([2H])c(-n4c5c([2H])c([2H])c6c([2H])c([2H])c([2H])c([2H])c6c5c5c6c([2H])c([2H])c([2H])c([2H])c6c([2H])c([2H])c54)c([2H])c4oc5c([2H])c([2H])c([2H])c([2H])c5c34)n2)c([2H])c1[2H].[2H]c1c([2H])c([2H])c2c(oc3c([2H])c(-n4c5ccc6ccccc6c5c5c6ccccc6ccc54)c([2H])c(-c4nc(-c5ccccc5)nc(-c5ccccc5)n4)c32)c1[2H]. The van der Waals surface area contributed by atoms with Crippen molar-refractivity contribution >= 4 is 131 Å². The molecule has 0 aliphatic carbocycles. The van der Waals surface area contributed by atoms with Crippen LogP contribution in [0.3, 0.4) is 0 Å². The van der Waals surface area contributed by atoms with E-state index < -0.39 is 286 Å². The second-order valence-electron chi connectivity index (χ2n) is 23.8. The fraction of sp³-hybridized carbons (Fsp3) is 0. The molecule has 0 amide bonds. The lowest BCUT2D eigenvalue weighted by Gasteiger charge is -2.13. The first-order valence-electron chi connectivity index (χ1n) is 49.1. The zero-order valence-corrected chi connectivity index (χ0v) is 53.1. The molecular formula is C94H56N8O2. The second kappa shape index (κ2) is 23.7. The highest BCUT2D eigenvalue weighted by atomic mass is 16.3. The molecule has 0 saturated heterocycles. The van der Waals surface area contributed by atoms with E-state index in [4.69, 9.17) is 56.7 Å². The summed E-state index contributed by atoms with van der Waals surface area (Å²) in [5, 5.41) is 1.87. The summed E-state index contributed by atoms with van der Waals surface area (Å²) in [6.07, 6.45) is 0. The number of para-hydroxylation sites is 2. The molecule has 104 heavy (non-hydrogen) atoms. The van der Waals surface area contributed by atoms with Crippen molar-refractivity contribution in [1.82, 2.24) is 39.0 Å². The van der Waals surface area contributed by atoms with Gasteiger partial charge in [-0.2, -0.15) is 0 Å². The zero-order valence-electron chi connectivity index (χ0n) is 87.1. The molecule has 0 spiro atoms. The van der Waals surface area contributed by atoms with Crippen LogP contribution in [-0.2, 0) is 0 Å². The van der Waals surface area contributed by atoms with E-state index >= 15 is 0 Å². The summed E-state index contributed by atoms with van der Waals surface area (Å²) in [7, 11) is 0. The van der Waals surface area contributed by atoms with E-state index in [9.17, 15) is 13.7 Å². The van der Waals surface area contributed by atoms with Crippen LogP contribution in [0.1, 0.15) is 46.6 Å². The molecule has 16 aromatic carbocycles. The molecular weight excluding hydrogens is 1270 g/mol. The van der Waals surface area contributed by atoms with Gasteiger partial charge in [0.2, 0.25) is 0 Å². The van der Waals surface area contributed by atoms with Gasteiger partial charge < -0.3 is 18.0 Å². The molecule has 22 rings (SSSR count). The normalized spacial score (nSPS) is 16.4. The molecule has 0 aliphatic heterocycles. The number of furan rings is 2. The van der Waals surface area contributed by atoms with Gasteiger partial charge in [0.15, 0.2) is 34.9 Å². The van der Waals surface area contributed by atoms with Crippen LogP contribution in [0, 0.1) is 0 Å². The minimum atomic E-state index is -1.07. The highest BCUT2D eigenvalue weighted by molar-refractivity contribution is 6.30. The minimum Gasteiger partial charge on any atom is -0.456 e. The Balaban J connectivity index is 0.000000172. The molecule has 0 fully saturated rings. The van der Waals surface area contributed by atoms with Crippen LogP contribution in [0.5, 0.6) is 0 Å². The Morgan fingerprint density at radius 3 is 1.04 bits per heavy atom. The number of benzene rings is 16. The van der Waals surface area contributed by atoms with Crippen molar-refractivity contribution in [1.29, 1.82) is 0 Å². The summed E-state index contributed by atoms with van der Waals surface area (Å²) in [6.45, 7) is 0. The first kappa shape index (κ1) is 34.2. The third kappa shape index (κ3) is 9.50. The number of fused-ring (bicyclic) bond motifs is 20. The summed E-state index contributed by atoms with van der Waals surface area (Å²) in [5.74, 6) is -1.86. The molecule has 0 saturated carbocycles. The quantitative estimate of drug-likeness (QED) is 0.148. The molecule has 0 unspecified atom stereocenters. The van der Waals surface area contributed by atoms with Gasteiger partial charge in [0, 0.05) is 88.6 Å². The van der Waals surface area contributed by atoms with Crippen LogP contribution in [-0.4, -0.2) is 39.0 Å². The van der Waals surface area contributed by atoms with Gasteiger partial charge in [-0.1, -0.05) is 278 Å². The van der Waals surface area contributed by atoms with Gasteiger partial charge >= 0.3 is 0 Å². The second-order valence-corrected chi connectivity index (χ2v) is 23.8. The van der Waals surface area contributed by atoms with E-state index in [0.717, 1.165) is 47.9 Å². The van der Waals surface area contributed by atoms with E-state index in [0.29, 0.717) is 22.8 Å². The third-order valence-electron chi connectivity index (χ3n) is 18.0. The first-order valence-corrected chi connectivity index (χ1v) is 32.1. The molecule has 484 valence electrons. The summed E-state index contributed by atoms with van der Waals surface area (Å²) < 4.78 is 321. The van der Waals surface area contributed by atoms with Crippen molar-refractivity contribution in [2.45, 2.75) is 0 Å². The van der Waals surface area contributed by atoms with Gasteiger partial charge in [-0.25, -0.2) is 29.9 Å². The molecule has 6 heterocycles. The third-order valence-corrected chi connectivity index (χ3v) is 18.0. The molecule has 10 nitrogen and oxygen atoms in total. The van der Waals surface area contributed by atoms with E-state index in [1.54, 1.807) is 0 Å². The maximum absolute atomic E-state index is 10.4. The van der Waals surface area contributed by atoms with Gasteiger partial charge in [-0.3, -0.25) is 0 Å². The Bertz CT molecular complexity index is 8990. The Labute approximate surface area is 642 Å². The van der Waals surface area contributed by atoms with Crippen LogP contribution < -0.4 is 0 Å². The Morgan fingerprint density at radius 2 is 0.587 bits per heavy atom. The number of nitrogens with zero attached hydrogens (tertiary/aromatic N) is 8. The van der Waals surface area contributed by atoms with E-state index in [1.807, 2.05) is 114 Å². The average Bonchev–Trinajstić information content (AvgIpc) is 1.50. The van der Waals surface area contributed by atoms with Crippen LogP contribution in [0.4, 0.5) is 0 Å². The highest BCUT2D eigenvalue weighted by Crippen LogP contribution is 2.47. The Kier molecular flexibility index (Phi) is 7.81. The fourth-order valence-electron chi connectivity index (χ4n) is 13.6. The lowest BCUT2D eigenvalue weighted by atomic mass is 10.00. The largest absolute Gasteiger partial charge is 0.456 e. The van der Waals surface area contributed by atoms with Crippen molar-refractivity contribution < 1.29 is 55.4 Å². The standard InChI is InChI=1S/2C47H28N4O/c2*1-3-15-31(16-4-1)45-48-46(32-17-5-2-6-18-32)50-47(49-45)37-27-33(28-41-42(37)36-21-11-12-22-40(36)52-41)51-38-25-23-29-13-7-9-19-34(29)43(38)44-35-20-10-8-14-30(35)24-26-39(44)51/h2*1-28H/i1D,2D,3D,4D,5D,6D,7D,8D,9D,10D,11D,12D,13D,14D,15D,16D,17D,18D,19D,20D,21D,22D,23D,24D,25D,26D,27D,28D;11D,12D,21D,22D,27D,28D. The van der Waals surface area contributed by atoms with Crippen molar-refractivity contribution in [3.8, 4) is 79.7 Å². The van der Waals surface area contributed by atoms with E-state index in [2.05, 4.69) is 39.2 Å². The zero-order chi connectivity index (χ0) is 97.9. The van der Waals surface area contributed by atoms with Crippen molar-refractivity contribution in [2.75, 3.05) is 0 Å². The van der Waals surface area contributed by atoms with Gasteiger partial charge in [0.05, 0.1) is 80.0 Å². The van der Waals surface area contributed by atoms with Crippen LogP contribution >= 0.6 is 0 Å². The summed E-state index contributed by atoms with van der Waals surface area (Å²) in [6, 6.07) is 16.2. The molecule has 0 bridgehead atoms. The summed E-state index contributed by atoms with van der Waals surface area (Å²) in [5.41, 5.74) is -2.81. The Morgan fingerprint density at radius 1 is 0.231 bits per heavy atom. The van der Waals surface area contributed by atoms with Gasteiger partial charge in [-0.15, -0.1) is 0 Å². The maximum atomic E-state index is 10.4. The van der Waals surface area contributed by atoms with E-state index in [1.165, 1.54) is 0 Å². The van der Waals surface area contributed by atoms with Crippen molar-refractivity contribution in [3.63, 3.8) is 0 Å². The van der Waals surface area contributed by atoms with Crippen molar-refractivity contribution in [2.24, 2.45) is 0 Å². The number of hydrogen-bond acceptors (Lipinski definition) is 8. The maximum Gasteiger partial charge on any atom is 0.164 e. The Hall–Kier alpha value is -14.2. The number of aromatic nitrogens is 8. The van der Waals surface area contributed by atoms with E-state index in [-0.39, 0.29) is 63.2 Å². The predicted molar refractivity (Wildman–Crippen MR) is 426 cm³/mol. The average molecular weight is 1360 g/mol. The highest BCUT2D eigenvalue weighted by Gasteiger charge is 2.26. The topological polar surface area (TPSA) is 113 Å². The molecule has 0 atom stereocenters. The summed E-state index contributed by atoms with van der Waals surface area (Å²) >= 11 is 0.